The summed E-state index contributed by atoms with van der Waals surface area (Å²) in [7, 11) is 0. The average Bonchev–Trinajstić information content (AvgIpc) is 2.22. The van der Waals surface area contributed by atoms with Gasteiger partial charge in [-0.05, 0) is 26.0 Å². The summed E-state index contributed by atoms with van der Waals surface area (Å²) in [5.41, 5.74) is 5.81. The van der Waals surface area contributed by atoms with E-state index in [1.165, 1.54) is 11.0 Å². The molecule has 3 N–H and O–H groups in total. The van der Waals surface area contributed by atoms with Gasteiger partial charge < -0.3 is 15.7 Å². The second-order valence-electron chi connectivity index (χ2n) is 3.81. The van der Waals surface area contributed by atoms with Crippen LogP contribution in [0, 0.1) is 11.6 Å². The molecule has 1 rings (SSSR count). The topological polar surface area (TPSA) is 49.5 Å². The number of nitrogens with zero attached hydrogens (tertiary/aromatic N) is 1. The maximum absolute atomic E-state index is 13.6. The second-order valence-corrected chi connectivity index (χ2v) is 3.81. The van der Waals surface area contributed by atoms with Crippen LogP contribution in [0.2, 0.25) is 0 Å². The van der Waals surface area contributed by atoms with Crippen molar-refractivity contribution in [2.45, 2.75) is 19.9 Å². The van der Waals surface area contributed by atoms with Crippen molar-refractivity contribution >= 4 is 11.4 Å². The molecular formula is C11H16F2N2O. The van der Waals surface area contributed by atoms with Gasteiger partial charge in [0.15, 0.2) is 11.6 Å². The monoisotopic (exact) mass is 230 g/mol. The van der Waals surface area contributed by atoms with Crippen LogP contribution >= 0.6 is 0 Å². The number of aliphatic hydroxyl groups excluding tert-OH is 1. The first-order valence-corrected chi connectivity index (χ1v) is 5.10. The minimum absolute atomic E-state index is 0.0176. The van der Waals surface area contributed by atoms with E-state index in [-0.39, 0.29) is 30.6 Å². The fraction of sp³-hybridized carbons (Fsp3) is 0.455. The van der Waals surface area contributed by atoms with E-state index in [0.29, 0.717) is 0 Å². The van der Waals surface area contributed by atoms with Gasteiger partial charge in [0.05, 0.1) is 18.0 Å². The van der Waals surface area contributed by atoms with Crippen LogP contribution in [0.5, 0.6) is 0 Å². The van der Waals surface area contributed by atoms with Crippen LogP contribution in [-0.2, 0) is 0 Å². The average molecular weight is 230 g/mol. The van der Waals surface area contributed by atoms with Crippen molar-refractivity contribution in [1.82, 2.24) is 0 Å². The van der Waals surface area contributed by atoms with Gasteiger partial charge in [-0.1, -0.05) is 0 Å². The van der Waals surface area contributed by atoms with Gasteiger partial charge in [-0.2, -0.15) is 0 Å². The van der Waals surface area contributed by atoms with Crippen molar-refractivity contribution < 1.29 is 13.9 Å². The van der Waals surface area contributed by atoms with Gasteiger partial charge in [0, 0.05) is 12.6 Å². The SMILES string of the molecule is CC(C)N(CCO)c1c(N)ccc(F)c1F. The van der Waals surface area contributed by atoms with Crippen molar-refractivity contribution in [3.05, 3.63) is 23.8 Å². The van der Waals surface area contributed by atoms with Gasteiger partial charge in [-0.15, -0.1) is 0 Å². The Hall–Kier alpha value is -1.36. The lowest BCUT2D eigenvalue weighted by Gasteiger charge is -2.29. The minimum Gasteiger partial charge on any atom is -0.397 e. The molecule has 16 heavy (non-hydrogen) atoms. The molecule has 0 aliphatic rings. The summed E-state index contributed by atoms with van der Waals surface area (Å²) in [6, 6.07) is 2.23. The molecule has 0 radical (unpaired) electrons. The first-order chi connectivity index (χ1) is 7.49. The van der Waals surface area contributed by atoms with Crippen LogP contribution in [0.25, 0.3) is 0 Å². The molecule has 0 amide bonds. The summed E-state index contributed by atoms with van der Waals surface area (Å²) in [5.74, 6) is -1.91. The van der Waals surface area contributed by atoms with E-state index < -0.39 is 11.6 Å². The Balaban J connectivity index is 3.22. The summed E-state index contributed by atoms with van der Waals surface area (Å²) in [5, 5.41) is 8.90. The van der Waals surface area contributed by atoms with E-state index in [2.05, 4.69) is 0 Å². The van der Waals surface area contributed by atoms with Crippen molar-refractivity contribution in [3.8, 4) is 0 Å². The highest BCUT2D eigenvalue weighted by molar-refractivity contribution is 5.68. The van der Waals surface area contributed by atoms with Crippen LogP contribution in [0.1, 0.15) is 13.8 Å². The zero-order chi connectivity index (χ0) is 12.3. The quantitative estimate of drug-likeness (QED) is 0.775. The number of nitrogen functional groups attached to an aromatic ring is 1. The number of benzene rings is 1. The zero-order valence-corrected chi connectivity index (χ0v) is 9.37. The van der Waals surface area contributed by atoms with Crippen molar-refractivity contribution in [3.63, 3.8) is 0 Å². The summed E-state index contributed by atoms with van der Waals surface area (Å²) in [6.07, 6.45) is 0. The fourth-order valence-corrected chi connectivity index (χ4v) is 1.58. The standard InChI is InChI=1S/C11H16F2N2O/c1-7(2)15(5-6-16)11-9(14)4-3-8(12)10(11)13/h3-4,7,16H,5-6,14H2,1-2H3. The maximum Gasteiger partial charge on any atom is 0.184 e. The molecule has 90 valence electrons. The lowest BCUT2D eigenvalue weighted by Crippen LogP contribution is -2.35. The Bertz CT molecular complexity index is 369. The van der Waals surface area contributed by atoms with E-state index in [1.54, 1.807) is 0 Å². The number of rotatable bonds is 4. The summed E-state index contributed by atoms with van der Waals surface area (Å²) < 4.78 is 26.7. The van der Waals surface area contributed by atoms with Gasteiger partial charge in [-0.25, -0.2) is 8.78 Å². The van der Waals surface area contributed by atoms with Crippen LogP contribution in [0.4, 0.5) is 20.2 Å². The van der Waals surface area contributed by atoms with E-state index >= 15 is 0 Å². The van der Waals surface area contributed by atoms with Gasteiger partial charge in [0.2, 0.25) is 0 Å². The third-order valence-electron chi connectivity index (χ3n) is 2.35. The number of hydrogen-bond donors (Lipinski definition) is 2. The molecule has 0 bridgehead atoms. The molecule has 0 saturated heterocycles. The highest BCUT2D eigenvalue weighted by Crippen LogP contribution is 2.29. The molecule has 0 spiro atoms. The van der Waals surface area contributed by atoms with Crippen molar-refractivity contribution in [2.75, 3.05) is 23.8 Å². The van der Waals surface area contributed by atoms with Gasteiger partial charge in [0.25, 0.3) is 0 Å². The highest BCUT2D eigenvalue weighted by Gasteiger charge is 2.20. The molecule has 5 heteroatoms. The van der Waals surface area contributed by atoms with E-state index in [4.69, 9.17) is 10.8 Å². The molecule has 0 heterocycles. The maximum atomic E-state index is 13.6. The van der Waals surface area contributed by atoms with Crippen LogP contribution in [-0.4, -0.2) is 24.3 Å². The third kappa shape index (κ3) is 2.41. The third-order valence-corrected chi connectivity index (χ3v) is 2.35. The first kappa shape index (κ1) is 12.7. The molecule has 0 unspecified atom stereocenters. The number of anilines is 2. The summed E-state index contributed by atoms with van der Waals surface area (Å²) >= 11 is 0. The molecule has 0 aliphatic carbocycles. The number of nitrogens with two attached hydrogens (primary N) is 1. The van der Waals surface area contributed by atoms with Gasteiger partial charge >= 0.3 is 0 Å². The van der Waals surface area contributed by atoms with Crippen LogP contribution < -0.4 is 10.6 Å². The molecular weight excluding hydrogens is 214 g/mol. The number of halogens is 2. The van der Waals surface area contributed by atoms with E-state index in [0.717, 1.165) is 6.07 Å². The Morgan fingerprint density at radius 3 is 2.50 bits per heavy atom. The molecule has 1 aromatic carbocycles. The lowest BCUT2D eigenvalue weighted by molar-refractivity contribution is 0.298. The van der Waals surface area contributed by atoms with Crippen molar-refractivity contribution in [2.24, 2.45) is 0 Å². The predicted octanol–water partition coefficient (Wildman–Crippen LogP) is 1.75. The number of hydrogen-bond acceptors (Lipinski definition) is 3. The molecule has 1 aromatic rings. The first-order valence-electron chi connectivity index (χ1n) is 5.10. The van der Waals surface area contributed by atoms with Gasteiger partial charge in [-0.3, -0.25) is 0 Å². The highest BCUT2D eigenvalue weighted by atomic mass is 19.2. The Morgan fingerprint density at radius 1 is 1.38 bits per heavy atom. The van der Waals surface area contributed by atoms with E-state index in [9.17, 15) is 8.78 Å². The fourth-order valence-electron chi connectivity index (χ4n) is 1.58. The predicted molar refractivity (Wildman–Crippen MR) is 60.3 cm³/mol. The smallest absolute Gasteiger partial charge is 0.184 e. The second kappa shape index (κ2) is 5.12. The lowest BCUT2D eigenvalue weighted by atomic mass is 10.2. The molecule has 0 saturated carbocycles. The zero-order valence-electron chi connectivity index (χ0n) is 9.37. The van der Waals surface area contributed by atoms with Crippen LogP contribution in [0.3, 0.4) is 0 Å². The summed E-state index contributed by atoms with van der Waals surface area (Å²) in [4.78, 5) is 1.54. The van der Waals surface area contributed by atoms with Gasteiger partial charge in [0.1, 0.15) is 0 Å². The minimum atomic E-state index is -0.970. The van der Waals surface area contributed by atoms with E-state index in [1.807, 2.05) is 13.8 Å². The number of aliphatic hydroxyl groups is 1. The Labute approximate surface area is 93.5 Å². The molecule has 0 aromatic heterocycles. The summed E-state index contributed by atoms with van der Waals surface area (Å²) in [6.45, 7) is 3.70. The van der Waals surface area contributed by atoms with Crippen LogP contribution in [0.15, 0.2) is 12.1 Å². The normalized spacial score (nSPS) is 10.9. The largest absolute Gasteiger partial charge is 0.397 e. The molecule has 0 atom stereocenters. The molecule has 0 aliphatic heterocycles. The van der Waals surface area contributed by atoms with Crippen molar-refractivity contribution in [1.29, 1.82) is 0 Å². The molecule has 3 nitrogen and oxygen atoms in total. The molecule has 0 fully saturated rings. The Morgan fingerprint density at radius 2 is 2.00 bits per heavy atom. The Kier molecular flexibility index (Phi) is 4.06.